The molecule has 1 fully saturated rings. The van der Waals surface area contributed by atoms with E-state index in [2.05, 4.69) is 56.0 Å². The van der Waals surface area contributed by atoms with E-state index in [0.29, 0.717) is 18.2 Å². The standard InChI is InChI=1S/C18H27NO/c1-4-18(2,3)14-17(20)19-12-10-16(11-13-19)15-8-6-5-7-9-15/h5-9,16H,4,10-14H2,1-3H3. The lowest BCUT2D eigenvalue weighted by Gasteiger charge is -2.34. The van der Waals surface area contributed by atoms with Crippen molar-refractivity contribution in [1.29, 1.82) is 0 Å². The Labute approximate surface area is 123 Å². The van der Waals surface area contributed by atoms with Crippen LogP contribution < -0.4 is 0 Å². The van der Waals surface area contributed by atoms with Crippen molar-refractivity contribution in [2.75, 3.05) is 13.1 Å². The van der Waals surface area contributed by atoms with Crippen molar-refractivity contribution in [3.63, 3.8) is 0 Å². The number of piperidine rings is 1. The lowest BCUT2D eigenvalue weighted by molar-refractivity contribution is -0.134. The first-order chi connectivity index (χ1) is 9.52. The largest absolute Gasteiger partial charge is 0.343 e. The molecule has 20 heavy (non-hydrogen) atoms. The Morgan fingerprint density at radius 3 is 2.35 bits per heavy atom. The first kappa shape index (κ1) is 15.1. The van der Waals surface area contributed by atoms with Gasteiger partial charge in [-0.3, -0.25) is 4.79 Å². The lowest BCUT2D eigenvalue weighted by Crippen LogP contribution is -2.39. The van der Waals surface area contributed by atoms with Crippen molar-refractivity contribution < 1.29 is 4.79 Å². The molecule has 2 rings (SSSR count). The number of benzene rings is 1. The third-order valence-corrected chi connectivity index (χ3v) is 4.71. The third-order valence-electron chi connectivity index (χ3n) is 4.71. The van der Waals surface area contributed by atoms with E-state index >= 15 is 0 Å². The molecule has 0 aliphatic carbocycles. The molecule has 2 heteroatoms. The highest BCUT2D eigenvalue weighted by molar-refractivity contribution is 5.77. The second kappa shape index (κ2) is 6.43. The van der Waals surface area contributed by atoms with Gasteiger partial charge in [-0.25, -0.2) is 0 Å². The summed E-state index contributed by atoms with van der Waals surface area (Å²) in [7, 11) is 0. The molecule has 0 bridgehead atoms. The van der Waals surface area contributed by atoms with E-state index in [9.17, 15) is 4.79 Å². The number of carbonyl (C=O) groups excluding carboxylic acids is 1. The molecule has 1 amide bonds. The minimum absolute atomic E-state index is 0.132. The first-order valence-corrected chi connectivity index (χ1v) is 7.84. The molecule has 2 nitrogen and oxygen atoms in total. The molecule has 1 aliphatic rings. The van der Waals surface area contributed by atoms with Crippen LogP contribution in [0.3, 0.4) is 0 Å². The van der Waals surface area contributed by atoms with Crippen LogP contribution in [0.25, 0.3) is 0 Å². The zero-order valence-electron chi connectivity index (χ0n) is 13.1. The highest BCUT2D eigenvalue weighted by Gasteiger charge is 2.27. The van der Waals surface area contributed by atoms with E-state index in [1.54, 1.807) is 0 Å². The van der Waals surface area contributed by atoms with Crippen molar-refractivity contribution in [2.24, 2.45) is 5.41 Å². The molecular formula is C18H27NO. The SMILES string of the molecule is CCC(C)(C)CC(=O)N1CCC(c2ccccc2)CC1. The number of likely N-dealkylation sites (tertiary alicyclic amines) is 1. The van der Waals surface area contributed by atoms with Crippen molar-refractivity contribution >= 4 is 5.91 Å². The minimum atomic E-state index is 0.132. The summed E-state index contributed by atoms with van der Waals surface area (Å²) < 4.78 is 0. The van der Waals surface area contributed by atoms with Gasteiger partial charge in [0.05, 0.1) is 0 Å². The summed E-state index contributed by atoms with van der Waals surface area (Å²) in [5.41, 5.74) is 1.56. The van der Waals surface area contributed by atoms with Crippen LogP contribution in [0.2, 0.25) is 0 Å². The number of hydrogen-bond acceptors (Lipinski definition) is 1. The number of amides is 1. The van der Waals surface area contributed by atoms with Gasteiger partial charge < -0.3 is 4.90 Å². The third kappa shape index (κ3) is 3.84. The van der Waals surface area contributed by atoms with Crippen molar-refractivity contribution in [3.05, 3.63) is 35.9 Å². The van der Waals surface area contributed by atoms with E-state index < -0.39 is 0 Å². The predicted octanol–water partition coefficient (Wildman–Crippen LogP) is 4.22. The summed E-state index contributed by atoms with van der Waals surface area (Å²) in [4.78, 5) is 14.4. The van der Waals surface area contributed by atoms with Crippen LogP contribution in [0.1, 0.15) is 57.9 Å². The fourth-order valence-electron chi connectivity index (χ4n) is 2.83. The quantitative estimate of drug-likeness (QED) is 0.804. The number of rotatable bonds is 4. The first-order valence-electron chi connectivity index (χ1n) is 7.84. The van der Waals surface area contributed by atoms with Gasteiger partial charge in [0.1, 0.15) is 0 Å². The van der Waals surface area contributed by atoms with Crippen LogP contribution in [-0.4, -0.2) is 23.9 Å². The number of carbonyl (C=O) groups is 1. The average Bonchev–Trinajstić information content (AvgIpc) is 2.48. The smallest absolute Gasteiger partial charge is 0.223 e. The van der Waals surface area contributed by atoms with E-state index in [-0.39, 0.29) is 5.41 Å². The topological polar surface area (TPSA) is 20.3 Å². The van der Waals surface area contributed by atoms with Crippen LogP contribution in [0.5, 0.6) is 0 Å². The van der Waals surface area contributed by atoms with Gasteiger partial charge in [-0.05, 0) is 29.7 Å². The fourth-order valence-corrected chi connectivity index (χ4v) is 2.83. The normalized spacial score (nSPS) is 17.2. The van der Waals surface area contributed by atoms with Gasteiger partial charge in [0.2, 0.25) is 5.91 Å². The molecule has 0 aromatic heterocycles. The van der Waals surface area contributed by atoms with Gasteiger partial charge in [0.25, 0.3) is 0 Å². The van der Waals surface area contributed by atoms with Crippen molar-refractivity contribution in [1.82, 2.24) is 4.90 Å². The maximum atomic E-state index is 12.3. The Balaban J connectivity index is 1.87. The van der Waals surface area contributed by atoms with Gasteiger partial charge in [-0.15, -0.1) is 0 Å². The van der Waals surface area contributed by atoms with E-state index in [0.717, 1.165) is 32.4 Å². The van der Waals surface area contributed by atoms with Crippen molar-refractivity contribution in [2.45, 2.75) is 52.4 Å². The molecule has 0 atom stereocenters. The van der Waals surface area contributed by atoms with Gasteiger partial charge in [0.15, 0.2) is 0 Å². The molecule has 110 valence electrons. The van der Waals surface area contributed by atoms with Gasteiger partial charge in [-0.2, -0.15) is 0 Å². The maximum Gasteiger partial charge on any atom is 0.223 e. The van der Waals surface area contributed by atoms with Crippen molar-refractivity contribution in [3.8, 4) is 0 Å². The molecule has 0 spiro atoms. The molecule has 1 aromatic carbocycles. The van der Waals surface area contributed by atoms with Gasteiger partial charge in [0, 0.05) is 19.5 Å². The van der Waals surface area contributed by atoms with E-state index in [4.69, 9.17) is 0 Å². The molecule has 0 N–H and O–H groups in total. The number of hydrogen-bond donors (Lipinski definition) is 0. The Kier molecular flexibility index (Phi) is 4.85. The number of nitrogens with zero attached hydrogens (tertiary/aromatic N) is 1. The molecule has 1 saturated heterocycles. The highest BCUT2D eigenvalue weighted by atomic mass is 16.2. The van der Waals surface area contributed by atoms with Gasteiger partial charge >= 0.3 is 0 Å². The van der Waals surface area contributed by atoms with E-state index in [1.807, 2.05) is 0 Å². The zero-order chi connectivity index (χ0) is 14.6. The summed E-state index contributed by atoms with van der Waals surface area (Å²) in [5, 5.41) is 0. The molecule has 0 unspecified atom stereocenters. The second-order valence-corrected chi connectivity index (χ2v) is 6.76. The van der Waals surface area contributed by atoms with Crippen LogP contribution >= 0.6 is 0 Å². The zero-order valence-corrected chi connectivity index (χ0v) is 13.1. The van der Waals surface area contributed by atoms with E-state index in [1.165, 1.54) is 5.56 Å². The maximum absolute atomic E-state index is 12.3. The summed E-state index contributed by atoms with van der Waals surface area (Å²) in [6, 6.07) is 10.7. The summed E-state index contributed by atoms with van der Waals surface area (Å²) in [5.74, 6) is 0.961. The Hall–Kier alpha value is -1.31. The van der Waals surface area contributed by atoms with Crippen LogP contribution in [0, 0.1) is 5.41 Å². The molecule has 0 saturated carbocycles. The predicted molar refractivity (Wildman–Crippen MR) is 83.7 cm³/mol. The molecular weight excluding hydrogens is 246 g/mol. The Bertz CT molecular complexity index is 430. The van der Waals surface area contributed by atoms with Crippen LogP contribution in [0.15, 0.2) is 30.3 Å². The molecule has 1 heterocycles. The van der Waals surface area contributed by atoms with Gasteiger partial charge in [-0.1, -0.05) is 57.5 Å². The van der Waals surface area contributed by atoms with Crippen LogP contribution in [-0.2, 0) is 4.79 Å². The Morgan fingerprint density at radius 2 is 1.80 bits per heavy atom. The van der Waals surface area contributed by atoms with Crippen LogP contribution in [0.4, 0.5) is 0 Å². The molecule has 1 aliphatic heterocycles. The Morgan fingerprint density at radius 1 is 1.20 bits per heavy atom. The molecule has 1 aromatic rings. The summed E-state index contributed by atoms with van der Waals surface area (Å²) >= 11 is 0. The minimum Gasteiger partial charge on any atom is -0.343 e. The monoisotopic (exact) mass is 273 g/mol. The summed E-state index contributed by atoms with van der Waals surface area (Å²) in [6.45, 7) is 8.36. The highest BCUT2D eigenvalue weighted by Crippen LogP contribution is 2.30. The fraction of sp³-hybridized carbons (Fsp3) is 0.611. The second-order valence-electron chi connectivity index (χ2n) is 6.76. The molecule has 0 radical (unpaired) electrons. The average molecular weight is 273 g/mol. The lowest BCUT2D eigenvalue weighted by atomic mass is 9.85. The summed E-state index contributed by atoms with van der Waals surface area (Å²) in [6.07, 6.45) is 3.93.